The largest absolute Gasteiger partial charge is 0.479 e. The number of benzene rings is 1. The number of anilines is 1. The van der Waals surface area contributed by atoms with Gasteiger partial charge in [-0.05, 0) is 24.3 Å². The van der Waals surface area contributed by atoms with Gasteiger partial charge in [-0.3, -0.25) is 4.72 Å². The molecule has 0 unspecified atom stereocenters. The summed E-state index contributed by atoms with van der Waals surface area (Å²) in [5.41, 5.74) is 0.317. The third kappa shape index (κ3) is 3.72. The maximum Gasteiger partial charge on any atom is 0.271 e. The fourth-order valence-corrected chi connectivity index (χ4v) is 3.65. The molecule has 1 heterocycles. The van der Waals surface area contributed by atoms with E-state index in [1.165, 1.54) is 18.2 Å². The lowest BCUT2D eigenvalue weighted by atomic mass is 10.3. The summed E-state index contributed by atoms with van der Waals surface area (Å²) in [4.78, 5) is 0.321. The lowest BCUT2D eigenvalue weighted by Gasteiger charge is -2.08. The lowest BCUT2D eigenvalue weighted by molar-refractivity contribution is 0.368. The highest BCUT2D eigenvalue weighted by atomic mass is 32.2. The Hall–Kier alpha value is -2.55. The summed E-state index contributed by atoms with van der Waals surface area (Å²) in [5.74, 6) is 0.389. The van der Waals surface area contributed by atoms with Crippen LogP contribution < -0.4 is 9.46 Å². The fraction of sp³-hybridized carbons (Fsp3) is 0.0769. The van der Waals surface area contributed by atoms with E-state index in [-0.39, 0.29) is 10.8 Å². The highest BCUT2D eigenvalue weighted by Gasteiger charge is 2.17. The first kappa shape index (κ1) is 14.9. The van der Waals surface area contributed by atoms with Crippen molar-refractivity contribution < 1.29 is 13.2 Å². The van der Waals surface area contributed by atoms with Crippen LogP contribution in [0.1, 0.15) is 4.88 Å². The van der Waals surface area contributed by atoms with Gasteiger partial charge in [-0.15, -0.1) is 11.3 Å². The molecule has 1 aromatic heterocycles. The summed E-state index contributed by atoms with van der Waals surface area (Å²) in [5, 5.41) is 17.2. The van der Waals surface area contributed by atoms with E-state index in [4.69, 9.17) is 15.3 Å². The van der Waals surface area contributed by atoms with Crippen molar-refractivity contribution in [2.24, 2.45) is 0 Å². The number of nitrogens with zero attached hydrogens (tertiary/aromatic N) is 2. The number of rotatable bonds is 5. The van der Waals surface area contributed by atoms with Crippen LogP contribution in [-0.2, 0) is 10.0 Å². The Kier molecular flexibility index (Phi) is 4.43. The highest BCUT2D eigenvalue weighted by Crippen LogP contribution is 2.25. The van der Waals surface area contributed by atoms with E-state index in [0.29, 0.717) is 16.3 Å². The van der Waals surface area contributed by atoms with Crippen molar-refractivity contribution in [3.8, 4) is 17.9 Å². The molecule has 0 saturated heterocycles. The molecule has 0 atom stereocenters. The second-order valence-corrected chi connectivity index (χ2v) is 6.80. The number of nitriles is 2. The minimum atomic E-state index is -3.74. The molecule has 0 fully saturated rings. The number of hydrogen-bond donors (Lipinski definition) is 1. The van der Waals surface area contributed by atoms with Gasteiger partial charge in [0.2, 0.25) is 0 Å². The molecule has 0 spiro atoms. The minimum Gasteiger partial charge on any atom is -0.479 e. The summed E-state index contributed by atoms with van der Waals surface area (Å²) in [6.07, 6.45) is 0. The third-order valence-electron chi connectivity index (χ3n) is 2.35. The SMILES string of the molecule is N#CCOc1cccc(NS(=O)(=O)c2ccc(C#N)s2)c1. The Morgan fingerprint density at radius 3 is 2.71 bits per heavy atom. The number of hydrogen-bond acceptors (Lipinski definition) is 6. The van der Waals surface area contributed by atoms with Gasteiger partial charge in [0.1, 0.15) is 27.0 Å². The van der Waals surface area contributed by atoms with Gasteiger partial charge in [0.15, 0.2) is 6.61 Å². The van der Waals surface area contributed by atoms with Crippen molar-refractivity contribution in [1.29, 1.82) is 10.5 Å². The molecule has 21 heavy (non-hydrogen) atoms. The van der Waals surface area contributed by atoms with Crippen molar-refractivity contribution in [1.82, 2.24) is 0 Å². The maximum atomic E-state index is 12.2. The van der Waals surface area contributed by atoms with E-state index < -0.39 is 10.0 Å². The minimum absolute atomic E-state index is 0.0578. The Bertz CT molecular complexity index is 829. The van der Waals surface area contributed by atoms with Gasteiger partial charge < -0.3 is 4.74 Å². The van der Waals surface area contributed by atoms with Crippen molar-refractivity contribution in [3.05, 3.63) is 41.3 Å². The van der Waals surface area contributed by atoms with E-state index in [1.54, 1.807) is 18.2 Å². The van der Waals surface area contributed by atoms with Crippen molar-refractivity contribution in [2.75, 3.05) is 11.3 Å². The smallest absolute Gasteiger partial charge is 0.271 e. The second-order valence-electron chi connectivity index (χ2n) is 3.81. The van der Waals surface area contributed by atoms with E-state index >= 15 is 0 Å². The van der Waals surface area contributed by atoms with E-state index in [1.807, 2.05) is 12.1 Å². The van der Waals surface area contributed by atoms with Gasteiger partial charge >= 0.3 is 0 Å². The topological polar surface area (TPSA) is 103 Å². The first-order valence-corrected chi connectivity index (χ1v) is 7.98. The van der Waals surface area contributed by atoms with Crippen LogP contribution in [0.15, 0.2) is 40.6 Å². The lowest BCUT2D eigenvalue weighted by Crippen LogP contribution is -2.11. The number of ether oxygens (including phenoxy) is 1. The van der Waals surface area contributed by atoms with Gasteiger partial charge in [-0.2, -0.15) is 10.5 Å². The Morgan fingerprint density at radius 2 is 2.05 bits per heavy atom. The molecule has 0 saturated carbocycles. The average molecular weight is 319 g/mol. The molecule has 0 aliphatic heterocycles. The first-order chi connectivity index (χ1) is 10.0. The van der Waals surface area contributed by atoms with Crippen molar-refractivity contribution in [2.45, 2.75) is 4.21 Å². The monoisotopic (exact) mass is 319 g/mol. The Morgan fingerprint density at radius 1 is 1.24 bits per heavy atom. The maximum absolute atomic E-state index is 12.2. The highest BCUT2D eigenvalue weighted by molar-refractivity contribution is 7.94. The van der Waals surface area contributed by atoms with E-state index in [9.17, 15) is 8.42 Å². The molecule has 1 N–H and O–H groups in total. The number of sulfonamides is 1. The van der Waals surface area contributed by atoms with Gasteiger partial charge in [0, 0.05) is 6.07 Å². The van der Waals surface area contributed by atoms with Crippen LogP contribution in [0.2, 0.25) is 0 Å². The van der Waals surface area contributed by atoms with Gasteiger partial charge in [0.05, 0.1) is 5.69 Å². The average Bonchev–Trinajstić information content (AvgIpc) is 2.95. The van der Waals surface area contributed by atoms with Gasteiger partial charge in [0.25, 0.3) is 10.0 Å². The molecule has 106 valence electrons. The van der Waals surface area contributed by atoms with E-state index in [2.05, 4.69) is 4.72 Å². The summed E-state index contributed by atoms with van der Waals surface area (Å²) < 4.78 is 31.9. The zero-order valence-corrected chi connectivity index (χ0v) is 12.2. The standard InChI is InChI=1S/C13H9N3O3S2/c14-6-7-19-11-3-1-2-10(8-11)16-21(17,18)13-5-4-12(9-15)20-13/h1-5,8,16H,7H2. The van der Waals surface area contributed by atoms with Crippen LogP contribution in [0.3, 0.4) is 0 Å². The summed E-state index contributed by atoms with van der Waals surface area (Å²) >= 11 is 0.891. The molecule has 2 aromatic rings. The van der Waals surface area contributed by atoms with Gasteiger partial charge in [-0.25, -0.2) is 8.42 Å². The molecular formula is C13H9N3O3S2. The van der Waals surface area contributed by atoms with Crippen LogP contribution in [0.4, 0.5) is 5.69 Å². The molecular weight excluding hydrogens is 310 g/mol. The molecule has 1 aromatic carbocycles. The van der Waals surface area contributed by atoms with Crippen LogP contribution in [0.5, 0.6) is 5.75 Å². The van der Waals surface area contributed by atoms with Crippen molar-refractivity contribution in [3.63, 3.8) is 0 Å². The van der Waals surface area contributed by atoms with E-state index in [0.717, 1.165) is 11.3 Å². The normalized spacial score (nSPS) is 10.4. The molecule has 0 aliphatic carbocycles. The van der Waals surface area contributed by atoms with Crippen LogP contribution in [0.25, 0.3) is 0 Å². The van der Waals surface area contributed by atoms with Crippen LogP contribution in [0, 0.1) is 22.7 Å². The van der Waals surface area contributed by atoms with Gasteiger partial charge in [-0.1, -0.05) is 6.07 Å². The molecule has 0 bridgehead atoms. The zero-order chi connectivity index (χ0) is 15.3. The molecule has 0 aliphatic rings. The van der Waals surface area contributed by atoms with Crippen LogP contribution >= 0.6 is 11.3 Å². The summed E-state index contributed by atoms with van der Waals surface area (Å²) in [7, 11) is -3.74. The first-order valence-electron chi connectivity index (χ1n) is 5.68. The Labute approximate surface area is 125 Å². The number of thiophene rings is 1. The summed E-state index contributed by atoms with van der Waals surface area (Å²) in [6, 6.07) is 12.8. The quantitative estimate of drug-likeness (QED) is 0.911. The Balaban J connectivity index is 2.21. The molecule has 0 amide bonds. The van der Waals surface area contributed by atoms with Crippen molar-refractivity contribution >= 4 is 27.0 Å². The predicted octanol–water partition coefficient (Wildman–Crippen LogP) is 2.32. The van der Waals surface area contributed by atoms with Crippen LogP contribution in [-0.4, -0.2) is 15.0 Å². The molecule has 0 radical (unpaired) electrons. The number of nitrogens with one attached hydrogen (secondary N) is 1. The molecule has 2 rings (SSSR count). The predicted molar refractivity (Wildman–Crippen MR) is 77.4 cm³/mol. The fourth-order valence-electron chi connectivity index (χ4n) is 1.50. The zero-order valence-electron chi connectivity index (χ0n) is 10.6. The summed E-state index contributed by atoms with van der Waals surface area (Å²) in [6.45, 7) is -0.118. The second kappa shape index (κ2) is 6.27. The third-order valence-corrected chi connectivity index (χ3v) is 5.21. The molecule has 6 nitrogen and oxygen atoms in total. The molecule has 8 heteroatoms.